The van der Waals surface area contributed by atoms with Crippen LogP contribution in [0.4, 0.5) is 4.79 Å². The van der Waals surface area contributed by atoms with Gasteiger partial charge in [0.1, 0.15) is 0 Å². The summed E-state index contributed by atoms with van der Waals surface area (Å²) in [5, 5.41) is 3.95. The standard InChI is InChI=1S/C3H7N3O/c1-6-3(7)4-2-5-6/h5H,2H2,1H3,(H,4,7). The molecule has 0 aromatic rings. The Kier molecular flexibility index (Phi) is 0.867. The molecule has 0 radical (unpaired) electrons. The van der Waals surface area contributed by atoms with E-state index in [1.165, 1.54) is 5.01 Å². The van der Waals surface area contributed by atoms with Gasteiger partial charge in [0, 0.05) is 7.05 Å². The summed E-state index contributed by atoms with van der Waals surface area (Å²) >= 11 is 0. The molecule has 40 valence electrons. The lowest BCUT2D eigenvalue weighted by Gasteiger charge is -2.01. The summed E-state index contributed by atoms with van der Waals surface area (Å²) in [4.78, 5) is 10.3. The highest BCUT2D eigenvalue weighted by molar-refractivity contribution is 5.74. The summed E-state index contributed by atoms with van der Waals surface area (Å²) in [6, 6.07) is -0.0694. The van der Waals surface area contributed by atoms with Gasteiger partial charge in [0.25, 0.3) is 0 Å². The molecule has 1 aliphatic rings. The zero-order valence-electron chi connectivity index (χ0n) is 4.06. The maximum Gasteiger partial charge on any atom is 0.332 e. The number of hydrazine groups is 1. The molecule has 0 unspecified atom stereocenters. The van der Waals surface area contributed by atoms with E-state index in [4.69, 9.17) is 0 Å². The van der Waals surface area contributed by atoms with Crippen LogP contribution >= 0.6 is 0 Å². The van der Waals surface area contributed by atoms with Crippen LogP contribution in [-0.4, -0.2) is 24.8 Å². The van der Waals surface area contributed by atoms with Crippen LogP contribution in [0.25, 0.3) is 0 Å². The van der Waals surface area contributed by atoms with E-state index in [1.807, 2.05) is 0 Å². The normalized spacial score (nSPS) is 20.1. The summed E-state index contributed by atoms with van der Waals surface area (Å²) in [5.74, 6) is 0. The number of carbonyl (C=O) groups excluding carboxylic acids is 1. The van der Waals surface area contributed by atoms with Crippen molar-refractivity contribution in [3.63, 3.8) is 0 Å². The average Bonchev–Trinajstić information content (AvgIpc) is 1.91. The zero-order chi connectivity index (χ0) is 5.28. The number of urea groups is 1. The summed E-state index contributed by atoms with van der Waals surface area (Å²) in [6.07, 6.45) is 0. The fourth-order valence-electron chi connectivity index (χ4n) is 0.424. The second-order valence-corrected chi connectivity index (χ2v) is 1.38. The summed E-state index contributed by atoms with van der Waals surface area (Å²) in [7, 11) is 1.67. The van der Waals surface area contributed by atoms with Crippen molar-refractivity contribution in [2.45, 2.75) is 0 Å². The number of hydrogen-bond acceptors (Lipinski definition) is 2. The molecular formula is C3H7N3O. The molecule has 1 aliphatic heterocycles. The Bertz CT molecular complexity index is 92.2. The largest absolute Gasteiger partial charge is 0.332 e. The molecule has 1 fully saturated rings. The Labute approximate surface area is 41.5 Å². The Morgan fingerprint density at radius 2 is 2.57 bits per heavy atom. The van der Waals surface area contributed by atoms with Gasteiger partial charge in [-0.1, -0.05) is 0 Å². The van der Waals surface area contributed by atoms with E-state index in [0.29, 0.717) is 6.67 Å². The number of nitrogens with one attached hydrogen (secondary N) is 2. The minimum atomic E-state index is -0.0694. The Morgan fingerprint density at radius 3 is 2.71 bits per heavy atom. The van der Waals surface area contributed by atoms with Crippen molar-refractivity contribution in [1.29, 1.82) is 0 Å². The number of hydrogen-bond donors (Lipinski definition) is 2. The molecule has 0 bridgehead atoms. The molecule has 0 aromatic carbocycles. The summed E-state index contributed by atoms with van der Waals surface area (Å²) in [6.45, 7) is 0.551. The zero-order valence-corrected chi connectivity index (χ0v) is 4.06. The highest BCUT2D eigenvalue weighted by atomic mass is 16.2. The molecule has 2 N–H and O–H groups in total. The maximum atomic E-state index is 10.3. The number of rotatable bonds is 0. The molecule has 0 atom stereocenters. The smallest absolute Gasteiger partial charge is 0.323 e. The molecule has 1 heterocycles. The van der Waals surface area contributed by atoms with Crippen LogP contribution < -0.4 is 10.7 Å². The van der Waals surface area contributed by atoms with Crippen LogP contribution in [0.15, 0.2) is 0 Å². The Morgan fingerprint density at radius 1 is 1.86 bits per heavy atom. The fourth-order valence-corrected chi connectivity index (χ4v) is 0.424. The van der Waals surface area contributed by atoms with Gasteiger partial charge in [-0.3, -0.25) is 5.01 Å². The summed E-state index contributed by atoms with van der Waals surface area (Å²) in [5.41, 5.74) is 2.74. The van der Waals surface area contributed by atoms with Crippen molar-refractivity contribution in [2.24, 2.45) is 0 Å². The van der Waals surface area contributed by atoms with Crippen molar-refractivity contribution in [1.82, 2.24) is 15.8 Å². The third-order valence-corrected chi connectivity index (χ3v) is 0.860. The number of nitrogens with zero attached hydrogens (tertiary/aromatic N) is 1. The first-order valence-corrected chi connectivity index (χ1v) is 2.06. The van der Waals surface area contributed by atoms with E-state index in [0.717, 1.165) is 0 Å². The van der Waals surface area contributed by atoms with Gasteiger partial charge < -0.3 is 5.32 Å². The van der Waals surface area contributed by atoms with E-state index in [9.17, 15) is 4.79 Å². The second kappa shape index (κ2) is 1.38. The van der Waals surface area contributed by atoms with E-state index < -0.39 is 0 Å². The van der Waals surface area contributed by atoms with Crippen LogP contribution in [0.3, 0.4) is 0 Å². The van der Waals surface area contributed by atoms with Crippen molar-refractivity contribution in [2.75, 3.05) is 13.7 Å². The van der Waals surface area contributed by atoms with Gasteiger partial charge >= 0.3 is 6.03 Å². The van der Waals surface area contributed by atoms with Gasteiger partial charge in [0.2, 0.25) is 0 Å². The van der Waals surface area contributed by atoms with Crippen LogP contribution in [-0.2, 0) is 0 Å². The van der Waals surface area contributed by atoms with E-state index >= 15 is 0 Å². The maximum absolute atomic E-state index is 10.3. The van der Waals surface area contributed by atoms with Gasteiger partial charge in [-0.05, 0) is 0 Å². The number of amides is 2. The molecular weight excluding hydrogens is 94.1 g/mol. The highest BCUT2D eigenvalue weighted by Crippen LogP contribution is 1.81. The minimum Gasteiger partial charge on any atom is -0.323 e. The van der Waals surface area contributed by atoms with E-state index in [2.05, 4.69) is 10.7 Å². The van der Waals surface area contributed by atoms with E-state index in [-0.39, 0.29) is 6.03 Å². The number of carbonyl (C=O) groups is 1. The van der Waals surface area contributed by atoms with Crippen molar-refractivity contribution in [3.8, 4) is 0 Å². The van der Waals surface area contributed by atoms with Crippen LogP contribution in [0.2, 0.25) is 0 Å². The predicted molar refractivity (Wildman–Crippen MR) is 24.3 cm³/mol. The quantitative estimate of drug-likeness (QED) is 0.415. The Balaban J connectivity index is 2.48. The lowest BCUT2D eigenvalue weighted by Crippen LogP contribution is -2.29. The molecule has 4 nitrogen and oxygen atoms in total. The molecule has 0 aromatic heterocycles. The first-order chi connectivity index (χ1) is 3.30. The van der Waals surface area contributed by atoms with Crippen molar-refractivity contribution in [3.05, 3.63) is 0 Å². The van der Waals surface area contributed by atoms with Gasteiger partial charge in [0.05, 0.1) is 6.67 Å². The lowest BCUT2D eigenvalue weighted by molar-refractivity contribution is 0.215. The van der Waals surface area contributed by atoms with Crippen LogP contribution in [0.1, 0.15) is 0 Å². The molecule has 4 heteroatoms. The third kappa shape index (κ3) is 0.640. The molecule has 2 amide bonds. The summed E-state index contributed by atoms with van der Waals surface area (Å²) < 4.78 is 0. The van der Waals surface area contributed by atoms with Gasteiger partial charge in [0.15, 0.2) is 0 Å². The monoisotopic (exact) mass is 101 g/mol. The predicted octanol–water partition coefficient (Wildman–Crippen LogP) is -0.896. The molecule has 0 aliphatic carbocycles. The fraction of sp³-hybridized carbons (Fsp3) is 0.667. The van der Waals surface area contributed by atoms with Crippen LogP contribution in [0.5, 0.6) is 0 Å². The van der Waals surface area contributed by atoms with Crippen molar-refractivity contribution >= 4 is 6.03 Å². The minimum absolute atomic E-state index is 0.0694. The van der Waals surface area contributed by atoms with Crippen LogP contribution in [0, 0.1) is 0 Å². The third-order valence-electron chi connectivity index (χ3n) is 0.860. The SMILES string of the molecule is CN1NCNC1=O. The topological polar surface area (TPSA) is 44.4 Å². The highest BCUT2D eigenvalue weighted by Gasteiger charge is 2.11. The van der Waals surface area contributed by atoms with Crippen molar-refractivity contribution < 1.29 is 4.79 Å². The average molecular weight is 101 g/mol. The Hall–Kier alpha value is -0.770. The first kappa shape index (κ1) is 4.39. The van der Waals surface area contributed by atoms with Gasteiger partial charge in [-0.2, -0.15) is 0 Å². The molecule has 1 rings (SSSR count). The lowest BCUT2D eigenvalue weighted by atomic mass is 11.0. The van der Waals surface area contributed by atoms with Gasteiger partial charge in [-0.25, -0.2) is 10.2 Å². The molecule has 0 saturated carbocycles. The first-order valence-electron chi connectivity index (χ1n) is 2.06. The second-order valence-electron chi connectivity index (χ2n) is 1.38. The molecule has 7 heavy (non-hydrogen) atoms. The van der Waals surface area contributed by atoms with E-state index in [1.54, 1.807) is 7.05 Å². The molecule has 1 saturated heterocycles. The van der Waals surface area contributed by atoms with Gasteiger partial charge in [-0.15, -0.1) is 0 Å². The molecule has 0 spiro atoms.